The first-order valence-electron chi connectivity index (χ1n) is 10.9. The molecule has 1 saturated heterocycles. The normalized spacial score (nSPS) is 15.4. The molecule has 0 spiro atoms. The Morgan fingerprint density at radius 3 is 2.66 bits per heavy atom. The van der Waals surface area contributed by atoms with Gasteiger partial charge in [0.05, 0.1) is 37.1 Å². The van der Waals surface area contributed by atoms with Crippen molar-refractivity contribution in [2.24, 2.45) is 0 Å². The van der Waals surface area contributed by atoms with Crippen molar-refractivity contribution in [1.82, 2.24) is 14.9 Å². The van der Waals surface area contributed by atoms with Crippen LogP contribution < -0.4 is 10.1 Å². The van der Waals surface area contributed by atoms with E-state index in [1.54, 1.807) is 0 Å². The van der Waals surface area contributed by atoms with Crippen molar-refractivity contribution in [3.63, 3.8) is 0 Å². The topological polar surface area (TPSA) is 76.6 Å². The van der Waals surface area contributed by atoms with Crippen LogP contribution in [0.4, 0.5) is 5.69 Å². The van der Waals surface area contributed by atoms with Crippen molar-refractivity contribution in [3.05, 3.63) is 54.4 Å². The van der Waals surface area contributed by atoms with Crippen LogP contribution in [-0.4, -0.2) is 58.9 Å². The van der Waals surface area contributed by atoms with Crippen LogP contribution in [0.5, 0.6) is 5.75 Å². The van der Waals surface area contributed by atoms with Gasteiger partial charge in [-0.15, -0.1) is 0 Å². The first-order valence-corrected chi connectivity index (χ1v) is 11.8. The molecule has 0 bridgehead atoms. The smallest absolute Gasteiger partial charge is 0.237 e. The summed E-state index contributed by atoms with van der Waals surface area (Å²) < 4.78 is 10.9. The Hall–Kier alpha value is -2.68. The van der Waals surface area contributed by atoms with E-state index in [4.69, 9.17) is 19.4 Å². The molecule has 1 aliphatic rings. The van der Waals surface area contributed by atoms with Crippen LogP contribution >= 0.6 is 11.8 Å². The summed E-state index contributed by atoms with van der Waals surface area (Å²) in [6.45, 7) is 8.34. The minimum Gasteiger partial charge on any atom is -0.494 e. The molecule has 7 nitrogen and oxygen atoms in total. The first kappa shape index (κ1) is 22.5. The van der Waals surface area contributed by atoms with Gasteiger partial charge < -0.3 is 14.8 Å². The molecule has 1 fully saturated rings. The van der Waals surface area contributed by atoms with E-state index in [0.29, 0.717) is 13.2 Å². The minimum absolute atomic E-state index is 0.0726. The van der Waals surface area contributed by atoms with Gasteiger partial charge >= 0.3 is 0 Å². The maximum atomic E-state index is 12.8. The number of nitrogens with one attached hydrogen (secondary N) is 1. The Morgan fingerprint density at radius 1 is 1.16 bits per heavy atom. The molecule has 1 atom stereocenters. The van der Waals surface area contributed by atoms with Gasteiger partial charge in [0.1, 0.15) is 16.6 Å². The number of rotatable bonds is 8. The second-order valence-corrected chi connectivity index (χ2v) is 8.89. The van der Waals surface area contributed by atoms with E-state index >= 15 is 0 Å². The highest BCUT2D eigenvalue weighted by molar-refractivity contribution is 8.00. The average molecular weight is 453 g/mol. The summed E-state index contributed by atoms with van der Waals surface area (Å²) in [5.74, 6) is 1.48. The number of thioether (sulfide) groups is 1. The maximum Gasteiger partial charge on any atom is 0.237 e. The van der Waals surface area contributed by atoms with E-state index in [1.807, 2.05) is 62.4 Å². The van der Waals surface area contributed by atoms with Crippen LogP contribution in [0.15, 0.2) is 53.6 Å². The fraction of sp³-hybridized carbons (Fsp3) is 0.375. The Morgan fingerprint density at radius 2 is 1.91 bits per heavy atom. The van der Waals surface area contributed by atoms with Crippen molar-refractivity contribution >= 4 is 34.3 Å². The summed E-state index contributed by atoms with van der Waals surface area (Å²) in [6, 6.07) is 15.4. The van der Waals surface area contributed by atoms with Gasteiger partial charge in [0.2, 0.25) is 5.91 Å². The van der Waals surface area contributed by atoms with Gasteiger partial charge in [-0.05, 0) is 44.2 Å². The zero-order valence-corrected chi connectivity index (χ0v) is 19.2. The van der Waals surface area contributed by atoms with Gasteiger partial charge in [-0.3, -0.25) is 9.69 Å². The van der Waals surface area contributed by atoms with Crippen molar-refractivity contribution in [1.29, 1.82) is 0 Å². The van der Waals surface area contributed by atoms with Crippen molar-refractivity contribution < 1.29 is 14.3 Å². The number of carbonyl (C=O) groups excluding carboxylic acids is 1. The molecule has 32 heavy (non-hydrogen) atoms. The number of carbonyl (C=O) groups is 1. The third kappa shape index (κ3) is 5.76. The quantitative estimate of drug-likeness (QED) is 0.409. The Kier molecular flexibility index (Phi) is 7.57. The highest BCUT2D eigenvalue weighted by atomic mass is 32.2. The number of amides is 1. The number of hydrogen-bond acceptors (Lipinski definition) is 7. The zero-order chi connectivity index (χ0) is 22.3. The fourth-order valence-corrected chi connectivity index (χ4v) is 4.44. The number of aromatic nitrogens is 2. The second-order valence-electron chi connectivity index (χ2n) is 7.56. The van der Waals surface area contributed by atoms with Gasteiger partial charge in [0.25, 0.3) is 0 Å². The standard InChI is InChI=1S/C24H28N4O3S/c1-3-31-19-10-8-18(9-11-19)25-23(29)17(2)32-24-20-6-4-5-7-21(20)26-22(27-24)16-28-12-14-30-15-13-28/h4-11,17H,3,12-16H2,1-2H3,(H,25,29). The van der Waals surface area contributed by atoms with Gasteiger partial charge in [0, 0.05) is 24.2 Å². The summed E-state index contributed by atoms with van der Waals surface area (Å²) in [6.07, 6.45) is 0. The molecule has 1 aliphatic heterocycles. The highest BCUT2D eigenvalue weighted by Gasteiger charge is 2.19. The molecule has 3 aromatic rings. The molecule has 168 valence electrons. The number of morpholine rings is 1. The molecule has 1 unspecified atom stereocenters. The predicted octanol–water partition coefficient (Wildman–Crippen LogP) is 3.98. The third-order valence-corrected chi connectivity index (χ3v) is 6.28. The largest absolute Gasteiger partial charge is 0.494 e. The molecule has 1 aromatic heterocycles. The molecule has 1 amide bonds. The van der Waals surface area contributed by atoms with Crippen molar-refractivity contribution in [2.45, 2.75) is 30.7 Å². The van der Waals surface area contributed by atoms with Crippen LogP contribution in [0.2, 0.25) is 0 Å². The van der Waals surface area contributed by atoms with E-state index in [-0.39, 0.29) is 11.2 Å². The summed E-state index contributed by atoms with van der Waals surface area (Å²) in [5, 5.41) is 4.44. The van der Waals surface area contributed by atoms with Gasteiger partial charge in [-0.25, -0.2) is 9.97 Å². The minimum atomic E-state index is -0.323. The summed E-state index contributed by atoms with van der Waals surface area (Å²) in [4.78, 5) is 24.7. The molecule has 2 heterocycles. The van der Waals surface area contributed by atoms with Gasteiger partial charge in [-0.1, -0.05) is 30.0 Å². The van der Waals surface area contributed by atoms with Gasteiger partial charge in [0.15, 0.2) is 0 Å². The number of fused-ring (bicyclic) bond motifs is 1. The van der Waals surface area contributed by atoms with E-state index in [9.17, 15) is 4.79 Å². The van der Waals surface area contributed by atoms with Crippen LogP contribution in [-0.2, 0) is 16.1 Å². The number of anilines is 1. The molecular weight excluding hydrogens is 424 g/mol. The highest BCUT2D eigenvalue weighted by Crippen LogP contribution is 2.29. The lowest BCUT2D eigenvalue weighted by molar-refractivity contribution is -0.115. The van der Waals surface area contributed by atoms with E-state index in [1.165, 1.54) is 11.8 Å². The zero-order valence-electron chi connectivity index (χ0n) is 18.4. The second kappa shape index (κ2) is 10.8. The molecule has 8 heteroatoms. The Balaban J connectivity index is 1.48. The monoisotopic (exact) mass is 452 g/mol. The van der Waals surface area contributed by atoms with Crippen LogP contribution in [0.3, 0.4) is 0 Å². The van der Waals surface area contributed by atoms with E-state index in [0.717, 1.165) is 59.5 Å². The summed E-state index contributed by atoms with van der Waals surface area (Å²) in [5.41, 5.74) is 1.64. The van der Waals surface area contributed by atoms with E-state index < -0.39 is 0 Å². The molecule has 1 N–H and O–H groups in total. The number of para-hydroxylation sites is 1. The fourth-order valence-electron chi connectivity index (χ4n) is 3.48. The van der Waals surface area contributed by atoms with Crippen molar-refractivity contribution in [3.8, 4) is 5.75 Å². The summed E-state index contributed by atoms with van der Waals surface area (Å²) >= 11 is 1.46. The lowest BCUT2D eigenvalue weighted by Crippen LogP contribution is -2.36. The van der Waals surface area contributed by atoms with Crippen LogP contribution in [0.1, 0.15) is 19.7 Å². The number of hydrogen-bond donors (Lipinski definition) is 1. The van der Waals surface area contributed by atoms with Crippen molar-refractivity contribution in [2.75, 3.05) is 38.2 Å². The van der Waals surface area contributed by atoms with Crippen LogP contribution in [0.25, 0.3) is 10.9 Å². The number of ether oxygens (including phenoxy) is 2. The molecule has 4 rings (SSSR count). The molecule has 0 aliphatic carbocycles. The Labute approximate surface area is 192 Å². The third-order valence-electron chi connectivity index (χ3n) is 5.17. The number of benzene rings is 2. The SMILES string of the molecule is CCOc1ccc(NC(=O)C(C)Sc2nc(CN3CCOCC3)nc3ccccc23)cc1. The predicted molar refractivity (Wildman–Crippen MR) is 127 cm³/mol. The van der Waals surface area contributed by atoms with Gasteiger partial charge in [-0.2, -0.15) is 0 Å². The van der Waals surface area contributed by atoms with E-state index in [2.05, 4.69) is 10.2 Å². The molecule has 2 aromatic carbocycles. The Bertz CT molecular complexity index is 1050. The average Bonchev–Trinajstić information content (AvgIpc) is 2.81. The lowest BCUT2D eigenvalue weighted by atomic mass is 10.2. The van der Waals surface area contributed by atoms with Crippen LogP contribution in [0, 0.1) is 0 Å². The number of nitrogens with zero attached hydrogens (tertiary/aromatic N) is 3. The maximum absolute atomic E-state index is 12.8. The molecular formula is C24H28N4O3S. The molecule has 0 radical (unpaired) electrons. The molecule has 0 saturated carbocycles. The first-order chi connectivity index (χ1) is 15.6. The summed E-state index contributed by atoms with van der Waals surface area (Å²) in [7, 11) is 0. The lowest BCUT2D eigenvalue weighted by Gasteiger charge is -2.26.